The van der Waals surface area contributed by atoms with Crippen LogP contribution in [-0.2, 0) is 13.3 Å². The number of nitrogens with zero attached hydrogens (tertiary/aromatic N) is 7. The molecule has 0 unspecified atom stereocenters. The van der Waals surface area contributed by atoms with Crippen LogP contribution in [-0.4, -0.2) is 47.5 Å². The lowest BCUT2D eigenvalue weighted by Gasteiger charge is -2.11. The van der Waals surface area contributed by atoms with Crippen LogP contribution >= 0.6 is 0 Å². The van der Waals surface area contributed by atoms with E-state index < -0.39 is 23.5 Å². The van der Waals surface area contributed by atoms with Gasteiger partial charge in [-0.25, -0.2) is 15.0 Å². The molecule has 2 N–H and O–H groups in total. The molecule has 0 saturated carbocycles. The van der Waals surface area contributed by atoms with Crippen molar-refractivity contribution in [1.29, 1.82) is 0 Å². The predicted molar refractivity (Wildman–Crippen MR) is 127 cm³/mol. The molecule has 1 aromatic carbocycles. The number of ether oxygens (including phenoxy) is 1. The summed E-state index contributed by atoms with van der Waals surface area (Å²) in [6, 6.07) is 10.9. The number of primary amides is 1. The number of carbonyl (C=O) groups excluding carboxylic acids is 1. The summed E-state index contributed by atoms with van der Waals surface area (Å²) in [6.07, 6.45) is -1.78. The number of aromatic nitrogens is 7. The average molecular weight is 508 g/mol. The summed E-state index contributed by atoms with van der Waals surface area (Å²) in [6.45, 7) is 1.11. The second-order valence-corrected chi connectivity index (χ2v) is 8.11. The number of aryl methyl sites for hydroxylation is 1. The van der Waals surface area contributed by atoms with Crippen LogP contribution in [0.25, 0.3) is 44.9 Å². The van der Waals surface area contributed by atoms with Crippen LogP contribution in [0.15, 0.2) is 48.9 Å². The van der Waals surface area contributed by atoms with Gasteiger partial charge in [-0.05, 0) is 6.92 Å². The molecular formula is C24H19F3N8O2. The van der Waals surface area contributed by atoms with Gasteiger partial charge in [0.25, 0.3) is 5.91 Å². The molecule has 0 aliphatic carbocycles. The van der Waals surface area contributed by atoms with Crippen LogP contribution in [0.4, 0.5) is 13.2 Å². The number of fused-ring (bicyclic) bond motifs is 1. The van der Waals surface area contributed by atoms with Crippen LogP contribution in [0.5, 0.6) is 5.75 Å². The number of nitrogens with two attached hydrogens (primary N) is 1. The van der Waals surface area contributed by atoms with E-state index in [0.717, 1.165) is 12.5 Å². The van der Waals surface area contributed by atoms with E-state index in [9.17, 15) is 18.0 Å². The summed E-state index contributed by atoms with van der Waals surface area (Å²) < 4.78 is 47.7. The molecule has 13 heteroatoms. The first-order valence-corrected chi connectivity index (χ1v) is 10.9. The molecule has 0 fully saturated rings. The minimum Gasteiger partial charge on any atom is -0.494 e. The number of alkyl halides is 3. The summed E-state index contributed by atoms with van der Waals surface area (Å²) >= 11 is 0. The van der Waals surface area contributed by atoms with E-state index in [1.54, 1.807) is 17.9 Å². The molecule has 188 valence electrons. The smallest absolute Gasteiger partial charge is 0.494 e. The Morgan fingerprint density at radius 1 is 1.03 bits per heavy atom. The monoisotopic (exact) mass is 508 g/mol. The molecule has 37 heavy (non-hydrogen) atoms. The zero-order valence-electron chi connectivity index (χ0n) is 19.8. The van der Waals surface area contributed by atoms with E-state index in [-0.39, 0.29) is 27.3 Å². The topological polar surface area (TPSA) is 127 Å². The summed E-state index contributed by atoms with van der Waals surface area (Å²) in [5, 5.41) is 8.21. The van der Waals surface area contributed by atoms with Gasteiger partial charge in [0.05, 0.1) is 23.9 Å². The van der Waals surface area contributed by atoms with Crippen molar-refractivity contribution in [3.8, 4) is 39.7 Å². The lowest BCUT2D eigenvalue weighted by Crippen LogP contribution is -2.21. The minimum absolute atomic E-state index is 0.0564. The van der Waals surface area contributed by atoms with Crippen molar-refractivity contribution in [2.24, 2.45) is 12.8 Å². The third-order valence-corrected chi connectivity index (χ3v) is 5.75. The van der Waals surface area contributed by atoms with Crippen molar-refractivity contribution in [2.75, 3.05) is 7.11 Å². The highest BCUT2D eigenvalue weighted by molar-refractivity contribution is 6.01. The minimum atomic E-state index is -4.88. The first-order valence-electron chi connectivity index (χ1n) is 10.9. The molecule has 0 aliphatic heterocycles. The van der Waals surface area contributed by atoms with Gasteiger partial charge in [-0.3, -0.25) is 9.48 Å². The number of hydrogen-bond donors (Lipinski definition) is 1. The predicted octanol–water partition coefficient (Wildman–Crippen LogP) is 3.85. The van der Waals surface area contributed by atoms with Gasteiger partial charge in [-0.1, -0.05) is 30.3 Å². The molecule has 5 rings (SSSR count). The SMILES string of the molecule is COc1cc2ncnc(-c3cn(C)nc3-c3ccccc3)c2nc1-c1nn(C(F)(F)F)c(C)c1C(N)=O. The zero-order valence-corrected chi connectivity index (χ0v) is 19.8. The van der Waals surface area contributed by atoms with Crippen molar-refractivity contribution >= 4 is 16.9 Å². The quantitative estimate of drug-likeness (QED) is 0.382. The van der Waals surface area contributed by atoms with E-state index in [2.05, 4.69) is 25.1 Å². The molecule has 4 heterocycles. The Kier molecular flexibility index (Phi) is 5.62. The Labute approximate surface area is 207 Å². The Morgan fingerprint density at radius 3 is 2.41 bits per heavy atom. The third-order valence-electron chi connectivity index (χ3n) is 5.75. The Hall–Kier alpha value is -4.81. The van der Waals surface area contributed by atoms with Crippen molar-refractivity contribution in [1.82, 2.24) is 34.5 Å². The fraction of sp³-hybridized carbons (Fsp3) is 0.167. The van der Waals surface area contributed by atoms with Crippen LogP contribution in [0.2, 0.25) is 0 Å². The summed E-state index contributed by atoms with van der Waals surface area (Å²) in [5.74, 6) is -1.03. The van der Waals surface area contributed by atoms with Crippen molar-refractivity contribution < 1.29 is 22.7 Å². The summed E-state index contributed by atoms with van der Waals surface area (Å²) in [4.78, 5) is 25.5. The fourth-order valence-corrected chi connectivity index (χ4v) is 4.17. The molecule has 0 saturated heterocycles. The van der Waals surface area contributed by atoms with E-state index in [1.165, 1.54) is 19.5 Å². The lowest BCUT2D eigenvalue weighted by molar-refractivity contribution is -0.213. The van der Waals surface area contributed by atoms with Gasteiger partial charge in [0.1, 0.15) is 40.4 Å². The number of halogens is 3. The first-order chi connectivity index (χ1) is 17.6. The number of carbonyl (C=O) groups is 1. The fourth-order valence-electron chi connectivity index (χ4n) is 4.17. The van der Waals surface area contributed by atoms with E-state index in [4.69, 9.17) is 10.5 Å². The molecule has 1 amide bonds. The van der Waals surface area contributed by atoms with Gasteiger partial charge in [0.2, 0.25) is 0 Å². The molecule has 5 aromatic rings. The standard InChI is InChI=1S/C24H19F3N8O2/c1-12-17(23(28)36)22(33-35(12)24(25,26)27)21-16(37-3)9-15-20(31-21)19(30-11-29-15)14-10-34(2)32-18(14)13-7-5-4-6-8-13/h4-11H,1-3H3,(H2,28,36). The van der Waals surface area contributed by atoms with Gasteiger partial charge in [-0.2, -0.15) is 14.9 Å². The highest BCUT2D eigenvalue weighted by Crippen LogP contribution is 2.38. The summed E-state index contributed by atoms with van der Waals surface area (Å²) in [7, 11) is 3.08. The largest absolute Gasteiger partial charge is 0.504 e. The number of pyridine rings is 1. The molecular weight excluding hydrogens is 489 g/mol. The molecule has 4 aromatic heterocycles. The lowest BCUT2D eigenvalue weighted by atomic mass is 10.0. The maximum Gasteiger partial charge on any atom is 0.504 e. The van der Waals surface area contributed by atoms with E-state index >= 15 is 0 Å². The van der Waals surface area contributed by atoms with Crippen LogP contribution < -0.4 is 10.5 Å². The maximum atomic E-state index is 13.6. The van der Waals surface area contributed by atoms with Crippen LogP contribution in [0.1, 0.15) is 16.1 Å². The number of benzene rings is 1. The molecule has 0 atom stereocenters. The Morgan fingerprint density at radius 2 is 1.76 bits per heavy atom. The van der Waals surface area contributed by atoms with Gasteiger partial charge in [0, 0.05) is 30.4 Å². The normalized spacial score (nSPS) is 11.7. The Bertz CT molecular complexity index is 1660. The van der Waals surface area contributed by atoms with Crippen molar-refractivity contribution in [2.45, 2.75) is 13.2 Å². The van der Waals surface area contributed by atoms with Gasteiger partial charge < -0.3 is 10.5 Å². The highest BCUT2D eigenvalue weighted by atomic mass is 19.4. The van der Waals surface area contributed by atoms with Crippen LogP contribution in [0.3, 0.4) is 0 Å². The van der Waals surface area contributed by atoms with Gasteiger partial charge in [0.15, 0.2) is 0 Å². The van der Waals surface area contributed by atoms with Crippen LogP contribution in [0, 0.1) is 6.92 Å². The molecule has 0 radical (unpaired) electrons. The second-order valence-electron chi connectivity index (χ2n) is 8.11. The number of hydrogen-bond acceptors (Lipinski definition) is 7. The molecule has 0 bridgehead atoms. The van der Waals surface area contributed by atoms with E-state index in [0.29, 0.717) is 22.5 Å². The molecule has 0 aliphatic rings. The molecule has 0 spiro atoms. The van der Waals surface area contributed by atoms with Crippen molar-refractivity contribution in [3.05, 3.63) is 60.2 Å². The number of amides is 1. The Balaban J connectivity index is 1.81. The number of rotatable bonds is 5. The maximum absolute atomic E-state index is 13.6. The van der Waals surface area contributed by atoms with E-state index in [1.807, 2.05) is 30.3 Å². The van der Waals surface area contributed by atoms with Crippen molar-refractivity contribution in [3.63, 3.8) is 0 Å². The van der Waals surface area contributed by atoms with Gasteiger partial charge in [-0.15, -0.1) is 13.2 Å². The molecule has 10 nitrogen and oxygen atoms in total. The third kappa shape index (κ3) is 4.03. The highest BCUT2D eigenvalue weighted by Gasteiger charge is 2.38. The average Bonchev–Trinajstić information content (AvgIpc) is 3.43. The second kappa shape index (κ2) is 8.69. The number of methoxy groups -OCH3 is 1. The van der Waals surface area contributed by atoms with Gasteiger partial charge >= 0.3 is 6.30 Å². The summed E-state index contributed by atoms with van der Waals surface area (Å²) in [5.41, 5.74) is 7.14. The zero-order chi connectivity index (χ0) is 26.5. The first kappa shape index (κ1) is 23.9.